The topological polar surface area (TPSA) is 75.4 Å². The molecule has 1 saturated carbocycles. The largest absolute Gasteiger partial charge is 0.355 e. The van der Waals surface area contributed by atoms with Crippen LogP contribution in [0.15, 0.2) is 0 Å². The van der Waals surface area contributed by atoms with E-state index in [1.807, 2.05) is 25.8 Å². The average molecular weight is 345 g/mol. The van der Waals surface area contributed by atoms with Crippen molar-refractivity contribution < 1.29 is 4.79 Å². The van der Waals surface area contributed by atoms with Gasteiger partial charge in [0.1, 0.15) is 5.82 Å². The number of carbonyl (C=O) groups excluding carboxylic acids is 1. The quantitative estimate of drug-likeness (QED) is 0.909. The molecule has 1 aromatic heterocycles. The van der Waals surface area contributed by atoms with Gasteiger partial charge < -0.3 is 15.5 Å². The molecular formula is C19H31N5O. The summed E-state index contributed by atoms with van der Waals surface area (Å²) in [5, 5.41) is 0. The molecule has 2 aliphatic rings. The van der Waals surface area contributed by atoms with Crippen LogP contribution in [-0.4, -0.2) is 53.0 Å². The molecule has 1 aliphatic carbocycles. The smallest absolute Gasteiger partial charge is 0.291 e. The molecule has 6 heteroatoms. The van der Waals surface area contributed by atoms with Gasteiger partial charge in [-0.1, -0.05) is 6.92 Å². The molecule has 6 nitrogen and oxygen atoms in total. The fraction of sp³-hybridized carbons (Fsp3) is 0.737. The van der Waals surface area contributed by atoms with Crippen LogP contribution in [0.3, 0.4) is 0 Å². The minimum atomic E-state index is -0.0626. The number of hydrogen-bond acceptors (Lipinski definition) is 5. The first-order chi connectivity index (χ1) is 11.9. The van der Waals surface area contributed by atoms with E-state index in [9.17, 15) is 4.79 Å². The maximum atomic E-state index is 13.0. The highest BCUT2D eigenvalue weighted by molar-refractivity contribution is 5.91. The Bertz CT molecular complexity index is 639. The third-order valence-corrected chi connectivity index (χ3v) is 5.93. The molecule has 3 rings (SSSR count). The van der Waals surface area contributed by atoms with Crippen LogP contribution in [0.2, 0.25) is 0 Å². The molecule has 0 unspecified atom stereocenters. The van der Waals surface area contributed by atoms with Crippen molar-refractivity contribution in [1.82, 2.24) is 14.9 Å². The molecule has 2 fully saturated rings. The number of hydrogen-bond donors (Lipinski definition) is 1. The Labute approximate surface area is 150 Å². The summed E-state index contributed by atoms with van der Waals surface area (Å²) in [4.78, 5) is 26.2. The third-order valence-electron chi connectivity index (χ3n) is 5.93. The van der Waals surface area contributed by atoms with Gasteiger partial charge >= 0.3 is 0 Å². The second kappa shape index (κ2) is 7.28. The minimum absolute atomic E-state index is 0.0626. The van der Waals surface area contributed by atoms with E-state index in [1.165, 1.54) is 12.8 Å². The Hall–Kier alpha value is -1.69. The number of carbonyl (C=O) groups is 1. The summed E-state index contributed by atoms with van der Waals surface area (Å²) in [5.41, 5.74) is 7.96. The van der Waals surface area contributed by atoms with Gasteiger partial charge in [-0.25, -0.2) is 9.97 Å². The molecule has 25 heavy (non-hydrogen) atoms. The minimum Gasteiger partial charge on any atom is -0.355 e. The van der Waals surface area contributed by atoms with Crippen molar-refractivity contribution in [2.45, 2.75) is 65.0 Å². The van der Waals surface area contributed by atoms with Crippen molar-refractivity contribution in [1.29, 1.82) is 0 Å². The summed E-state index contributed by atoms with van der Waals surface area (Å²) in [5.74, 6) is 1.89. The lowest BCUT2D eigenvalue weighted by atomic mass is 9.87. The average Bonchev–Trinajstić information content (AvgIpc) is 3.02. The molecule has 138 valence electrons. The van der Waals surface area contributed by atoms with Gasteiger partial charge in [0.2, 0.25) is 5.82 Å². The Kier molecular flexibility index (Phi) is 5.27. The van der Waals surface area contributed by atoms with Crippen LogP contribution in [0.25, 0.3) is 0 Å². The molecule has 1 amide bonds. The molecule has 1 atom stereocenters. The van der Waals surface area contributed by atoms with Crippen LogP contribution >= 0.6 is 0 Å². The highest BCUT2D eigenvalue weighted by Crippen LogP contribution is 2.28. The molecule has 1 aromatic rings. The first kappa shape index (κ1) is 18.1. The lowest BCUT2D eigenvalue weighted by Crippen LogP contribution is -2.40. The van der Waals surface area contributed by atoms with Crippen LogP contribution in [0.1, 0.15) is 60.9 Å². The molecule has 0 radical (unpaired) electrons. The standard InChI is InChI=1S/C19H31N5O/c1-12-5-7-16(8-6-12)23(4)19(25)17-21-14(3)13(2)18(22-17)24-10-9-15(20)11-24/h12,15-16H,5-11,20H2,1-4H3/t12?,15-,16?/m1/s1. The maximum absolute atomic E-state index is 13.0. The number of aromatic nitrogens is 2. The molecule has 0 bridgehead atoms. The lowest BCUT2D eigenvalue weighted by molar-refractivity contribution is 0.0667. The van der Waals surface area contributed by atoms with Gasteiger partial charge in [-0.05, 0) is 51.9 Å². The van der Waals surface area contributed by atoms with Crippen molar-refractivity contribution >= 4 is 11.7 Å². The van der Waals surface area contributed by atoms with Crippen LogP contribution in [0.4, 0.5) is 5.82 Å². The van der Waals surface area contributed by atoms with Gasteiger partial charge in [-0.2, -0.15) is 0 Å². The molecule has 2 heterocycles. The van der Waals surface area contributed by atoms with Crippen LogP contribution in [0.5, 0.6) is 0 Å². The Morgan fingerprint density at radius 2 is 1.84 bits per heavy atom. The van der Waals surface area contributed by atoms with Crippen molar-refractivity contribution in [3.63, 3.8) is 0 Å². The monoisotopic (exact) mass is 345 g/mol. The zero-order valence-corrected chi connectivity index (χ0v) is 16.0. The number of nitrogens with zero attached hydrogens (tertiary/aromatic N) is 4. The number of anilines is 1. The van der Waals surface area contributed by atoms with Gasteiger partial charge in [-0.3, -0.25) is 4.79 Å². The van der Waals surface area contributed by atoms with Crippen molar-refractivity contribution in [3.05, 3.63) is 17.1 Å². The molecule has 1 saturated heterocycles. The van der Waals surface area contributed by atoms with Crippen LogP contribution < -0.4 is 10.6 Å². The van der Waals surface area contributed by atoms with E-state index in [-0.39, 0.29) is 11.9 Å². The predicted molar refractivity (Wildman–Crippen MR) is 99.8 cm³/mol. The summed E-state index contributed by atoms with van der Waals surface area (Å²) >= 11 is 0. The molecular weight excluding hydrogens is 314 g/mol. The van der Waals surface area contributed by atoms with Gasteiger partial charge in [0.25, 0.3) is 5.91 Å². The molecule has 0 spiro atoms. The zero-order valence-electron chi connectivity index (χ0n) is 16.0. The summed E-state index contributed by atoms with van der Waals surface area (Å²) < 4.78 is 0. The second-order valence-electron chi connectivity index (χ2n) is 7.91. The first-order valence-electron chi connectivity index (χ1n) is 9.49. The van der Waals surface area contributed by atoms with Gasteiger partial charge in [0, 0.05) is 43.5 Å². The normalized spacial score (nSPS) is 26.8. The lowest BCUT2D eigenvalue weighted by Gasteiger charge is -2.33. The fourth-order valence-corrected chi connectivity index (χ4v) is 3.95. The second-order valence-corrected chi connectivity index (χ2v) is 7.91. The first-order valence-corrected chi connectivity index (χ1v) is 9.49. The highest BCUT2D eigenvalue weighted by atomic mass is 16.2. The summed E-state index contributed by atoms with van der Waals surface area (Å²) in [6.07, 6.45) is 5.48. The summed E-state index contributed by atoms with van der Waals surface area (Å²) in [6, 6.07) is 0.485. The maximum Gasteiger partial charge on any atom is 0.291 e. The Balaban J connectivity index is 1.81. The van der Waals surface area contributed by atoms with E-state index >= 15 is 0 Å². The number of rotatable bonds is 3. The third kappa shape index (κ3) is 3.78. The summed E-state index contributed by atoms with van der Waals surface area (Å²) in [7, 11) is 1.90. The van der Waals surface area contributed by atoms with Crippen LogP contribution in [-0.2, 0) is 0 Å². The van der Waals surface area contributed by atoms with Crippen molar-refractivity contribution in [2.24, 2.45) is 11.7 Å². The van der Waals surface area contributed by atoms with E-state index in [4.69, 9.17) is 5.73 Å². The number of nitrogens with two attached hydrogens (primary N) is 1. The van der Waals surface area contributed by atoms with Gasteiger partial charge in [0.15, 0.2) is 0 Å². The van der Waals surface area contributed by atoms with Gasteiger partial charge in [-0.15, -0.1) is 0 Å². The van der Waals surface area contributed by atoms with E-state index in [0.717, 1.165) is 55.3 Å². The molecule has 2 N–H and O–H groups in total. The predicted octanol–water partition coefficient (Wildman–Crippen LogP) is 2.28. The fourth-order valence-electron chi connectivity index (χ4n) is 3.95. The van der Waals surface area contributed by atoms with E-state index in [2.05, 4.69) is 21.8 Å². The van der Waals surface area contributed by atoms with E-state index < -0.39 is 0 Å². The zero-order chi connectivity index (χ0) is 18.1. The van der Waals surface area contributed by atoms with E-state index in [1.54, 1.807) is 0 Å². The molecule has 0 aromatic carbocycles. The Morgan fingerprint density at radius 1 is 1.16 bits per heavy atom. The SMILES string of the molecule is Cc1nc(C(=O)N(C)C2CCC(C)CC2)nc(N2CC[C@@H](N)C2)c1C. The Morgan fingerprint density at radius 3 is 2.44 bits per heavy atom. The number of amides is 1. The number of aryl methyl sites for hydroxylation is 1. The highest BCUT2D eigenvalue weighted by Gasteiger charge is 2.29. The van der Waals surface area contributed by atoms with Crippen LogP contribution in [0, 0.1) is 19.8 Å². The van der Waals surface area contributed by atoms with Gasteiger partial charge in [0.05, 0.1) is 0 Å². The summed E-state index contributed by atoms with van der Waals surface area (Å²) in [6.45, 7) is 7.95. The molecule has 1 aliphatic heterocycles. The van der Waals surface area contributed by atoms with Crippen molar-refractivity contribution in [3.8, 4) is 0 Å². The van der Waals surface area contributed by atoms with Crippen molar-refractivity contribution in [2.75, 3.05) is 25.0 Å². The van der Waals surface area contributed by atoms with E-state index in [0.29, 0.717) is 11.9 Å².